The molecule has 0 amide bonds. The highest BCUT2D eigenvalue weighted by Gasteiger charge is 2.31. The Morgan fingerprint density at radius 2 is 1.63 bits per heavy atom. The van der Waals surface area contributed by atoms with E-state index in [0.717, 1.165) is 19.6 Å². The molecular weight excluding hydrogens is 232 g/mol. The summed E-state index contributed by atoms with van der Waals surface area (Å²) < 4.78 is 0. The minimum Gasteiger partial charge on any atom is -0.330 e. The van der Waals surface area contributed by atoms with E-state index in [2.05, 4.69) is 29.2 Å². The highest BCUT2D eigenvalue weighted by Crippen LogP contribution is 2.39. The van der Waals surface area contributed by atoms with E-state index < -0.39 is 0 Å². The minimum absolute atomic E-state index is 0.451. The van der Waals surface area contributed by atoms with Crippen LogP contribution in [0.2, 0.25) is 0 Å². The zero-order valence-electron chi connectivity index (χ0n) is 11.9. The normalized spacial score (nSPS) is 22.4. The highest BCUT2D eigenvalue weighted by molar-refractivity contribution is 5.30. The molecule has 3 rings (SSSR count). The van der Waals surface area contributed by atoms with Gasteiger partial charge in [0, 0.05) is 13.1 Å². The van der Waals surface area contributed by atoms with Crippen molar-refractivity contribution < 1.29 is 0 Å². The molecule has 1 fully saturated rings. The van der Waals surface area contributed by atoms with Crippen LogP contribution in [-0.2, 0) is 13.1 Å². The van der Waals surface area contributed by atoms with E-state index in [0.29, 0.717) is 5.41 Å². The van der Waals surface area contributed by atoms with Crippen LogP contribution in [-0.4, -0.2) is 18.0 Å². The van der Waals surface area contributed by atoms with Gasteiger partial charge in [0.2, 0.25) is 0 Å². The van der Waals surface area contributed by atoms with E-state index in [4.69, 9.17) is 5.73 Å². The average Bonchev–Trinajstić information content (AvgIpc) is 2.89. The molecule has 1 aromatic carbocycles. The second-order valence-corrected chi connectivity index (χ2v) is 6.49. The smallest absolute Gasteiger partial charge is 0.0240 e. The summed E-state index contributed by atoms with van der Waals surface area (Å²) in [6.07, 6.45) is 8.18. The number of benzene rings is 1. The first-order valence-electron chi connectivity index (χ1n) is 7.81. The van der Waals surface area contributed by atoms with E-state index in [9.17, 15) is 0 Å². The minimum atomic E-state index is 0.451. The molecular formula is C17H26N2. The SMILES string of the molecule is NCC1(CCN2Cc3ccccc3C2)CCCCC1. The van der Waals surface area contributed by atoms with Crippen molar-refractivity contribution in [2.45, 2.75) is 51.6 Å². The molecule has 0 spiro atoms. The Morgan fingerprint density at radius 1 is 1.00 bits per heavy atom. The van der Waals surface area contributed by atoms with Crippen molar-refractivity contribution in [2.24, 2.45) is 11.1 Å². The third-order valence-corrected chi connectivity index (χ3v) is 5.21. The fraction of sp³-hybridized carbons (Fsp3) is 0.647. The maximum absolute atomic E-state index is 6.09. The van der Waals surface area contributed by atoms with Crippen LogP contribution in [0.1, 0.15) is 49.7 Å². The van der Waals surface area contributed by atoms with Crippen molar-refractivity contribution in [1.29, 1.82) is 0 Å². The molecule has 0 saturated heterocycles. The van der Waals surface area contributed by atoms with Crippen LogP contribution in [0.3, 0.4) is 0 Å². The molecule has 2 aliphatic rings. The average molecular weight is 258 g/mol. The highest BCUT2D eigenvalue weighted by atomic mass is 15.1. The number of nitrogens with two attached hydrogens (primary N) is 1. The molecule has 0 atom stereocenters. The molecule has 0 unspecified atom stereocenters. The van der Waals surface area contributed by atoms with Crippen molar-refractivity contribution in [3.05, 3.63) is 35.4 Å². The van der Waals surface area contributed by atoms with Gasteiger partial charge in [0.05, 0.1) is 0 Å². The van der Waals surface area contributed by atoms with Gasteiger partial charge in [-0.25, -0.2) is 0 Å². The van der Waals surface area contributed by atoms with Crippen LogP contribution in [0.5, 0.6) is 0 Å². The summed E-state index contributed by atoms with van der Waals surface area (Å²) in [5, 5.41) is 0. The second-order valence-electron chi connectivity index (χ2n) is 6.49. The number of hydrogen-bond donors (Lipinski definition) is 1. The molecule has 2 heteroatoms. The molecule has 104 valence electrons. The first-order chi connectivity index (χ1) is 9.31. The van der Waals surface area contributed by atoms with Crippen LogP contribution in [0.4, 0.5) is 0 Å². The van der Waals surface area contributed by atoms with E-state index in [1.165, 1.54) is 56.2 Å². The Morgan fingerprint density at radius 3 is 2.21 bits per heavy atom. The van der Waals surface area contributed by atoms with Gasteiger partial charge >= 0.3 is 0 Å². The first kappa shape index (κ1) is 13.1. The zero-order chi connectivity index (χ0) is 13.1. The fourth-order valence-electron chi connectivity index (χ4n) is 3.82. The van der Waals surface area contributed by atoms with Gasteiger partial charge in [-0.3, -0.25) is 4.90 Å². The maximum Gasteiger partial charge on any atom is 0.0240 e. The molecule has 2 nitrogen and oxygen atoms in total. The van der Waals surface area contributed by atoms with Gasteiger partial charge in [0.15, 0.2) is 0 Å². The Kier molecular flexibility index (Phi) is 3.90. The molecule has 1 aliphatic carbocycles. The molecule has 0 radical (unpaired) electrons. The monoisotopic (exact) mass is 258 g/mol. The standard InChI is InChI=1S/C17H26N2/c18-14-17(8-4-1-5-9-17)10-11-19-12-15-6-2-3-7-16(15)13-19/h2-3,6-7H,1,4-5,8-14,18H2. The van der Waals surface area contributed by atoms with Crippen LogP contribution in [0.15, 0.2) is 24.3 Å². The second kappa shape index (κ2) is 5.64. The molecule has 19 heavy (non-hydrogen) atoms. The molecule has 2 N–H and O–H groups in total. The van der Waals surface area contributed by atoms with E-state index in [-0.39, 0.29) is 0 Å². The number of hydrogen-bond acceptors (Lipinski definition) is 2. The number of fused-ring (bicyclic) bond motifs is 1. The fourth-order valence-corrected chi connectivity index (χ4v) is 3.82. The summed E-state index contributed by atoms with van der Waals surface area (Å²) in [6, 6.07) is 8.86. The van der Waals surface area contributed by atoms with Crippen LogP contribution in [0, 0.1) is 5.41 Å². The number of rotatable bonds is 4. The molecule has 0 bridgehead atoms. The molecule has 1 aromatic rings. The van der Waals surface area contributed by atoms with E-state index in [1.54, 1.807) is 0 Å². The van der Waals surface area contributed by atoms with Crippen molar-refractivity contribution in [3.63, 3.8) is 0 Å². The Hall–Kier alpha value is -0.860. The van der Waals surface area contributed by atoms with Gasteiger partial charge in [0.1, 0.15) is 0 Å². The Bertz CT molecular complexity index is 396. The summed E-state index contributed by atoms with van der Waals surface area (Å²) >= 11 is 0. The maximum atomic E-state index is 6.09. The molecule has 1 aliphatic heterocycles. The third-order valence-electron chi connectivity index (χ3n) is 5.21. The summed E-state index contributed by atoms with van der Waals surface area (Å²) in [4.78, 5) is 2.59. The number of nitrogens with zero attached hydrogens (tertiary/aromatic N) is 1. The van der Waals surface area contributed by atoms with Gasteiger partial charge in [-0.1, -0.05) is 43.5 Å². The van der Waals surface area contributed by atoms with Gasteiger partial charge in [-0.05, 0) is 48.9 Å². The van der Waals surface area contributed by atoms with Crippen LogP contribution < -0.4 is 5.73 Å². The summed E-state index contributed by atoms with van der Waals surface area (Å²) in [5.41, 5.74) is 9.58. The van der Waals surface area contributed by atoms with Crippen molar-refractivity contribution in [2.75, 3.05) is 13.1 Å². The van der Waals surface area contributed by atoms with Gasteiger partial charge < -0.3 is 5.73 Å². The lowest BCUT2D eigenvalue weighted by Crippen LogP contribution is -2.36. The predicted molar refractivity (Wildman–Crippen MR) is 79.7 cm³/mol. The zero-order valence-corrected chi connectivity index (χ0v) is 11.9. The van der Waals surface area contributed by atoms with Crippen LogP contribution >= 0.6 is 0 Å². The Balaban J connectivity index is 1.56. The van der Waals surface area contributed by atoms with Gasteiger partial charge in [-0.2, -0.15) is 0 Å². The van der Waals surface area contributed by atoms with Gasteiger partial charge in [0.25, 0.3) is 0 Å². The summed E-state index contributed by atoms with van der Waals surface area (Å²) in [6.45, 7) is 4.37. The van der Waals surface area contributed by atoms with Crippen molar-refractivity contribution in [1.82, 2.24) is 4.90 Å². The van der Waals surface area contributed by atoms with Gasteiger partial charge in [-0.15, -0.1) is 0 Å². The lowest BCUT2D eigenvalue weighted by atomic mass is 9.72. The largest absolute Gasteiger partial charge is 0.330 e. The lowest BCUT2D eigenvalue weighted by molar-refractivity contribution is 0.146. The van der Waals surface area contributed by atoms with Crippen LogP contribution in [0.25, 0.3) is 0 Å². The van der Waals surface area contributed by atoms with Crippen molar-refractivity contribution >= 4 is 0 Å². The molecule has 1 heterocycles. The summed E-state index contributed by atoms with van der Waals surface area (Å²) in [5.74, 6) is 0. The first-order valence-corrected chi connectivity index (χ1v) is 7.81. The van der Waals surface area contributed by atoms with E-state index >= 15 is 0 Å². The predicted octanol–water partition coefficient (Wildman–Crippen LogP) is 3.30. The van der Waals surface area contributed by atoms with Crippen molar-refractivity contribution in [3.8, 4) is 0 Å². The topological polar surface area (TPSA) is 29.3 Å². The third kappa shape index (κ3) is 2.85. The Labute approximate surface area is 117 Å². The quantitative estimate of drug-likeness (QED) is 0.898. The molecule has 1 saturated carbocycles. The molecule has 0 aromatic heterocycles. The summed E-state index contributed by atoms with van der Waals surface area (Å²) in [7, 11) is 0. The van der Waals surface area contributed by atoms with E-state index in [1.807, 2.05) is 0 Å². The lowest BCUT2D eigenvalue weighted by Gasteiger charge is -2.37.